The zero-order chi connectivity index (χ0) is 15.2. The summed E-state index contributed by atoms with van der Waals surface area (Å²) in [5.74, 6) is 0. The first-order valence-corrected chi connectivity index (χ1v) is 7.92. The van der Waals surface area contributed by atoms with Crippen LogP contribution >= 0.6 is 0 Å². The van der Waals surface area contributed by atoms with Gasteiger partial charge in [-0.05, 0) is 19.1 Å². The monoisotopic (exact) mass is 316 g/mol. The first-order valence-electron chi connectivity index (χ1n) is 6.51. The standard InChI is InChI=1S/C13H16O7S/c1-7-2-4-8(5-3-7)21(16,17)20-12-9-6-18-13(19-9)11(15)10(12)14/h2-5,9-15H,6H2,1H3/t9-,10-,11+,12-,13-/m1/s1. The predicted octanol–water partition coefficient (Wildman–Crippen LogP) is -0.454. The third kappa shape index (κ3) is 2.70. The van der Waals surface area contributed by atoms with E-state index in [2.05, 4.69) is 0 Å². The number of aliphatic hydroxyl groups excluding tert-OH is 2. The summed E-state index contributed by atoms with van der Waals surface area (Å²) in [6.45, 7) is 1.90. The van der Waals surface area contributed by atoms with Crippen molar-refractivity contribution < 1.29 is 32.3 Å². The molecule has 0 aliphatic carbocycles. The van der Waals surface area contributed by atoms with E-state index in [0.29, 0.717) is 0 Å². The summed E-state index contributed by atoms with van der Waals surface area (Å²) in [6.07, 6.45) is -5.61. The number of hydrogen-bond donors (Lipinski definition) is 2. The van der Waals surface area contributed by atoms with Gasteiger partial charge in [-0.1, -0.05) is 17.7 Å². The number of fused-ring (bicyclic) bond motifs is 2. The molecule has 2 saturated heterocycles. The Bertz CT molecular complexity index is 612. The van der Waals surface area contributed by atoms with Crippen molar-refractivity contribution in [3.63, 3.8) is 0 Å². The Hall–Kier alpha value is -1.03. The van der Waals surface area contributed by atoms with E-state index in [1.807, 2.05) is 6.92 Å². The van der Waals surface area contributed by atoms with E-state index < -0.39 is 40.8 Å². The maximum atomic E-state index is 12.2. The van der Waals surface area contributed by atoms with Crippen molar-refractivity contribution >= 4 is 10.1 Å². The van der Waals surface area contributed by atoms with Crippen LogP contribution in [0.4, 0.5) is 0 Å². The molecule has 3 rings (SSSR count). The van der Waals surface area contributed by atoms with Crippen LogP contribution in [0, 0.1) is 6.92 Å². The third-order valence-electron chi connectivity index (χ3n) is 3.61. The second-order valence-electron chi connectivity index (χ2n) is 5.19. The maximum absolute atomic E-state index is 12.2. The summed E-state index contributed by atoms with van der Waals surface area (Å²) in [4.78, 5) is -0.0178. The van der Waals surface area contributed by atoms with E-state index in [9.17, 15) is 18.6 Å². The van der Waals surface area contributed by atoms with Crippen molar-refractivity contribution in [3.8, 4) is 0 Å². The molecule has 21 heavy (non-hydrogen) atoms. The van der Waals surface area contributed by atoms with Crippen LogP contribution in [-0.2, 0) is 23.8 Å². The third-order valence-corrected chi connectivity index (χ3v) is 4.94. The van der Waals surface area contributed by atoms with Crippen molar-refractivity contribution in [2.75, 3.05) is 6.61 Å². The molecule has 5 atom stereocenters. The Morgan fingerprint density at radius 3 is 2.52 bits per heavy atom. The molecule has 7 nitrogen and oxygen atoms in total. The number of hydrogen-bond acceptors (Lipinski definition) is 7. The number of rotatable bonds is 3. The second-order valence-corrected chi connectivity index (χ2v) is 6.76. The fraction of sp³-hybridized carbons (Fsp3) is 0.538. The lowest BCUT2D eigenvalue weighted by molar-refractivity contribution is -0.222. The molecule has 0 unspecified atom stereocenters. The molecule has 0 spiro atoms. The topological polar surface area (TPSA) is 102 Å². The van der Waals surface area contributed by atoms with Crippen LogP contribution in [0.5, 0.6) is 0 Å². The Morgan fingerprint density at radius 1 is 1.19 bits per heavy atom. The van der Waals surface area contributed by atoms with Crippen molar-refractivity contribution in [1.29, 1.82) is 0 Å². The second kappa shape index (κ2) is 5.31. The highest BCUT2D eigenvalue weighted by atomic mass is 32.2. The molecule has 0 saturated carbocycles. The molecule has 0 radical (unpaired) electrons. The van der Waals surface area contributed by atoms with Gasteiger partial charge >= 0.3 is 0 Å². The van der Waals surface area contributed by atoms with Gasteiger partial charge in [-0.2, -0.15) is 8.42 Å². The number of ether oxygens (including phenoxy) is 2. The molecule has 0 aromatic heterocycles. The quantitative estimate of drug-likeness (QED) is 0.728. The molecule has 2 fully saturated rings. The van der Waals surface area contributed by atoms with Gasteiger partial charge in [0, 0.05) is 0 Å². The van der Waals surface area contributed by atoms with Crippen LogP contribution in [-0.4, -0.2) is 55.9 Å². The molecule has 2 heterocycles. The van der Waals surface area contributed by atoms with E-state index in [0.717, 1.165) is 5.56 Å². The lowest BCUT2D eigenvalue weighted by atomic mass is 10.0. The maximum Gasteiger partial charge on any atom is 0.297 e. The summed E-state index contributed by atoms with van der Waals surface area (Å²) in [6, 6.07) is 6.14. The van der Waals surface area contributed by atoms with Crippen LogP contribution in [0.3, 0.4) is 0 Å². The van der Waals surface area contributed by atoms with Crippen LogP contribution in [0.1, 0.15) is 5.56 Å². The molecule has 2 bridgehead atoms. The van der Waals surface area contributed by atoms with Crippen LogP contribution < -0.4 is 0 Å². The van der Waals surface area contributed by atoms with Crippen molar-refractivity contribution in [3.05, 3.63) is 29.8 Å². The van der Waals surface area contributed by atoms with Crippen LogP contribution in [0.2, 0.25) is 0 Å². The lowest BCUT2D eigenvalue weighted by Crippen LogP contribution is -2.55. The van der Waals surface area contributed by atoms with Gasteiger partial charge < -0.3 is 19.7 Å². The van der Waals surface area contributed by atoms with Crippen molar-refractivity contribution in [2.45, 2.75) is 42.5 Å². The lowest BCUT2D eigenvalue weighted by Gasteiger charge is -2.34. The summed E-state index contributed by atoms with van der Waals surface area (Å²) in [7, 11) is -4.06. The molecule has 2 aliphatic heterocycles. The average Bonchev–Trinajstić information content (AvgIpc) is 2.89. The van der Waals surface area contributed by atoms with Gasteiger partial charge in [0.05, 0.1) is 11.5 Å². The average molecular weight is 316 g/mol. The number of aliphatic hydroxyl groups is 2. The minimum atomic E-state index is -4.06. The first-order chi connectivity index (χ1) is 9.88. The minimum absolute atomic E-state index is 0.0178. The van der Waals surface area contributed by atoms with Crippen molar-refractivity contribution in [2.24, 2.45) is 0 Å². The smallest absolute Gasteiger partial charge is 0.297 e. The molecular formula is C13H16O7S. The van der Waals surface area contributed by atoms with Gasteiger partial charge in [0.25, 0.3) is 10.1 Å². The minimum Gasteiger partial charge on any atom is -0.387 e. The molecular weight excluding hydrogens is 300 g/mol. The van der Waals surface area contributed by atoms with E-state index in [1.165, 1.54) is 12.1 Å². The largest absolute Gasteiger partial charge is 0.387 e. The summed E-state index contributed by atoms with van der Waals surface area (Å²) in [5, 5.41) is 19.7. The first kappa shape index (κ1) is 14.9. The summed E-state index contributed by atoms with van der Waals surface area (Å²) < 4.78 is 39.9. The van der Waals surface area contributed by atoms with Gasteiger partial charge in [-0.15, -0.1) is 0 Å². The van der Waals surface area contributed by atoms with E-state index >= 15 is 0 Å². The molecule has 116 valence electrons. The Kier molecular flexibility index (Phi) is 3.76. The zero-order valence-electron chi connectivity index (χ0n) is 11.2. The SMILES string of the molecule is Cc1ccc(S(=O)(=O)O[C@H]2[C@H](O)[C@H](O)[C@@H]3OC[C@H]2O3)cc1. The Balaban J connectivity index is 1.83. The van der Waals surface area contributed by atoms with E-state index in [-0.39, 0.29) is 11.5 Å². The van der Waals surface area contributed by atoms with Gasteiger partial charge in [0.15, 0.2) is 6.29 Å². The molecule has 1 aromatic carbocycles. The normalized spacial score (nSPS) is 35.9. The molecule has 1 aromatic rings. The number of benzene rings is 1. The Labute approximate surface area is 122 Å². The zero-order valence-corrected chi connectivity index (χ0v) is 12.1. The Morgan fingerprint density at radius 2 is 1.86 bits per heavy atom. The van der Waals surface area contributed by atoms with Gasteiger partial charge in [-0.3, -0.25) is 4.18 Å². The van der Waals surface area contributed by atoms with Crippen LogP contribution in [0.15, 0.2) is 29.2 Å². The van der Waals surface area contributed by atoms with Crippen molar-refractivity contribution in [1.82, 2.24) is 0 Å². The highest BCUT2D eigenvalue weighted by Gasteiger charge is 2.51. The van der Waals surface area contributed by atoms with E-state index in [1.54, 1.807) is 12.1 Å². The molecule has 2 aliphatic rings. The van der Waals surface area contributed by atoms with Gasteiger partial charge in [-0.25, -0.2) is 0 Å². The predicted molar refractivity (Wildman–Crippen MR) is 69.9 cm³/mol. The van der Waals surface area contributed by atoms with Crippen LogP contribution in [0.25, 0.3) is 0 Å². The summed E-state index contributed by atoms with van der Waals surface area (Å²) in [5.41, 5.74) is 0.914. The van der Waals surface area contributed by atoms with Gasteiger partial charge in [0.1, 0.15) is 24.4 Å². The molecule has 0 amide bonds. The fourth-order valence-electron chi connectivity index (χ4n) is 2.39. The highest BCUT2D eigenvalue weighted by Crippen LogP contribution is 2.31. The van der Waals surface area contributed by atoms with Gasteiger partial charge in [0.2, 0.25) is 0 Å². The summed E-state index contributed by atoms with van der Waals surface area (Å²) >= 11 is 0. The number of aryl methyl sites for hydroxylation is 1. The fourth-order valence-corrected chi connectivity index (χ4v) is 3.50. The molecule has 8 heteroatoms. The molecule has 2 N–H and O–H groups in total. The highest BCUT2D eigenvalue weighted by molar-refractivity contribution is 7.86. The van der Waals surface area contributed by atoms with E-state index in [4.69, 9.17) is 13.7 Å².